The van der Waals surface area contributed by atoms with Crippen LogP contribution in [0.5, 0.6) is 0 Å². The number of carbonyl (C=O) groups excluding carboxylic acids is 3. The third kappa shape index (κ3) is 12.0. The highest BCUT2D eigenvalue weighted by Crippen LogP contribution is 2.06. The van der Waals surface area contributed by atoms with E-state index >= 15 is 0 Å². The molecule has 0 fully saturated rings. The summed E-state index contributed by atoms with van der Waals surface area (Å²) >= 11 is 0. The molecule has 0 spiro atoms. The Balaban J connectivity index is 3.05. The second-order valence-electron chi connectivity index (χ2n) is 8.22. The van der Waals surface area contributed by atoms with Gasteiger partial charge in [-0.3, -0.25) is 24.0 Å². The van der Waals surface area contributed by atoms with Crippen LogP contribution in [0.3, 0.4) is 0 Å². The predicted molar refractivity (Wildman–Crippen MR) is 126 cm³/mol. The van der Waals surface area contributed by atoms with Gasteiger partial charge in [0.15, 0.2) is 0 Å². The number of nitrogens with zero attached hydrogens (tertiary/aromatic N) is 1. The van der Waals surface area contributed by atoms with E-state index < -0.39 is 72.6 Å². The van der Waals surface area contributed by atoms with E-state index in [1.54, 1.807) is 0 Å². The second-order valence-corrected chi connectivity index (χ2v) is 8.22. The molecule has 0 bridgehead atoms. The van der Waals surface area contributed by atoms with Crippen LogP contribution in [0.25, 0.3) is 0 Å². The first-order chi connectivity index (χ1) is 17.4. The fourth-order valence-electron chi connectivity index (χ4n) is 3.20. The highest BCUT2D eigenvalue weighted by molar-refractivity contribution is 5.94. The molecule has 0 saturated heterocycles. The molecule has 11 N–H and O–H groups in total. The summed E-state index contributed by atoms with van der Waals surface area (Å²) in [6.07, 6.45) is 2.20. The summed E-state index contributed by atoms with van der Waals surface area (Å²) in [5, 5.41) is 34.0. The quantitative estimate of drug-likeness (QED) is 0.0881. The van der Waals surface area contributed by atoms with Gasteiger partial charge in [-0.05, 0) is 25.8 Å². The third-order valence-electron chi connectivity index (χ3n) is 5.19. The molecule has 0 saturated carbocycles. The van der Waals surface area contributed by atoms with Gasteiger partial charge in [0.25, 0.3) is 0 Å². The van der Waals surface area contributed by atoms with E-state index in [-0.39, 0.29) is 19.3 Å². The average molecular weight is 528 g/mol. The van der Waals surface area contributed by atoms with E-state index in [0.717, 1.165) is 0 Å². The molecule has 3 amide bonds. The molecule has 1 heterocycles. The van der Waals surface area contributed by atoms with Crippen molar-refractivity contribution in [2.75, 3.05) is 6.54 Å². The Kier molecular flexibility index (Phi) is 13.3. The van der Waals surface area contributed by atoms with Gasteiger partial charge in [-0.2, -0.15) is 0 Å². The molecular formula is C21H33N7O9. The summed E-state index contributed by atoms with van der Waals surface area (Å²) in [6, 6.07) is -5.56. The first kappa shape index (κ1) is 31.0. The Morgan fingerprint density at radius 2 is 1.49 bits per heavy atom. The molecule has 0 aliphatic carbocycles. The van der Waals surface area contributed by atoms with Crippen LogP contribution in [-0.4, -0.2) is 91.6 Å². The number of unbranched alkanes of at least 4 members (excludes halogenated alkanes) is 1. The Morgan fingerprint density at radius 3 is 2.03 bits per heavy atom. The minimum Gasteiger partial charge on any atom is -0.481 e. The van der Waals surface area contributed by atoms with Crippen LogP contribution >= 0.6 is 0 Å². The molecule has 0 aliphatic rings. The topological polar surface area (TPSA) is 280 Å². The van der Waals surface area contributed by atoms with Crippen molar-refractivity contribution in [2.45, 2.75) is 69.1 Å². The summed E-state index contributed by atoms with van der Waals surface area (Å²) in [5.41, 5.74) is 11.6. The van der Waals surface area contributed by atoms with E-state index in [4.69, 9.17) is 21.7 Å². The van der Waals surface area contributed by atoms with Crippen molar-refractivity contribution in [2.24, 2.45) is 11.5 Å². The minimum atomic E-state index is -1.78. The maximum absolute atomic E-state index is 13.0. The van der Waals surface area contributed by atoms with Gasteiger partial charge in [0, 0.05) is 24.7 Å². The lowest BCUT2D eigenvalue weighted by molar-refractivity contribution is -0.147. The number of aromatic amines is 1. The van der Waals surface area contributed by atoms with Crippen molar-refractivity contribution < 1.29 is 44.1 Å². The molecule has 37 heavy (non-hydrogen) atoms. The third-order valence-corrected chi connectivity index (χ3v) is 5.19. The maximum atomic E-state index is 13.0. The first-order valence-corrected chi connectivity index (χ1v) is 11.4. The van der Waals surface area contributed by atoms with Crippen LogP contribution in [0, 0.1) is 0 Å². The standard InChI is InChI=1S/C21H33N7O9/c22-6-2-1-3-12(23)18(33)26-13(4-5-16(29)30)19(34)27-14(7-11-9-24-10-25-11)20(35)28-15(21(36)37)8-17(31)32/h9-10,12-15H,1-8,22-23H2,(H,24,25)(H,26,33)(H,27,34)(H,28,35)(H,29,30)(H,31,32)(H,36,37). The molecule has 0 aliphatic heterocycles. The van der Waals surface area contributed by atoms with E-state index in [0.29, 0.717) is 25.1 Å². The summed E-state index contributed by atoms with van der Waals surface area (Å²) < 4.78 is 0. The molecule has 206 valence electrons. The van der Waals surface area contributed by atoms with E-state index in [1.807, 2.05) is 0 Å². The van der Waals surface area contributed by atoms with Crippen LogP contribution in [0.4, 0.5) is 0 Å². The molecular weight excluding hydrogens is 494 g/mol. The molecule has 16 heteroatoms. The largest absolute Gasteiger partial charge is 0.481 e. The van der Waals surface area contributed by atoms with E-state index in [2.05, 4.69) is 25.9 Å². The van der Waals surface area contributed by atoms with Crippen molar-refractivity contribution >= 4 is 35.6 Å². The zero-order valence-corrected chi connectivity index (χ0v) is 20.0. The number of aromatic nitrogens is 2. The maximum Gasteiger partial charge on any atom is 0.326 e. The lowest BCUT2D eigenvalue weighted by Gasteiger charge is -2.24. The number of imidazole rings is 1. The van der Waals surface area contributed by atoms with Gasteiger partial charge in [-0.15, -0.1) is 0 Å². The normalized spacial score (nSPS) is 14.0. The molecule has 16 nitrogen and oxygen atoms in total. The smallest absolute Gasteiger partial charge is 0.326 e. The Bertz CT molecular complexity index is 939. The van der Waals surface area contributed by atoms with E-state index in [1.165, 1.54) is 12.5 Å². The number of carboxylic acid groups (broad SMARTS) is 3. The summed E-state index contributed by atoms with van der Waals surface area (Å²) in [7, 11) is 0. The van der Waals surface area contributed by atoms with Crippen LogP contribution < -0.4 is 27.4 Å². The number of hydrogen-bond acceptors (Lipinski definition) is 9. The summed E-state index contributed by atoms with van der Waals surface area (Å²) in [6.45, 7) is 0.410. The van der Waals surface area contributed by atoms with Gasteiger partial charge in [0.1, 0.15) is 18.1 Å². The summed E-state index contributed by atoms with van der Waals surface area (Å²) in [4.78, 5) is 78.3. The fourth-order valence-corrected chi connectivity index (χ4v) is 3.20. The Morgan fingerprint density at radius 1 is 0.865 bits per heavy atom. The average Bonchev–Trinajstić information content (AvgIpc) is 3.33. The summed E-state index contributed by atoms with van der Waals surface area (Å²) in [5.74, 6) is -6.95. The van der Waals surface area contributed by atoms with Crippen LogP contribution in [0.15, 0.2) is 12.5 Å². The number of hydrogen-bond donors (Lipinski definition) is 9. The molecule has 1 rings (SSSR count). The monoisotopic (exact) mass is 527 g/mol. The number of nitrogens with one attached hydrogen (secondary N) is 4. The minimum absolute atomic E-state index is 0.199. The number of aliphatic carboxylic acids is 3. The number of rotatable bonds is 18. The highest BCUT2D eigenvalue weighted by atomic mass is 16.4. The van der Waals surface area contributed by atoms with Crippen molar-refractivity contribution in [3.63, 3.8) is 0 Å². The molecule has 1 aromatic heterocycles. The zero-order valence-electron chi connectivity index (χ0n) is 20.0. The number of nitrogens with two attached hydrogens (primary N) is 2. The fraction of sp³-hybridized carbons (Fsp3) is 0.571. The van der Waals surface area contributed by atoms with E-state index in [9.17, 15) is 33.9 Å². The van der Waals surface area contributed by atoms with Gasteiger partial charge in [-0.1, -0.05) is 6.42 Å². The number of carboxylic acids is 3. The first-order valence-electron chi connectivity index (χ1n) is 11.4. The van der Waals surface area contributed by atoms with Crippen LogP contribution in [-0.2, 0) is 35.2 Å². The van der Waals surface area contributed by atoms with Crippen LogP contribution in [0.1, 0.15) is 44.2 Å². The molecule has 4 atom stereocenters. The molecule has 0 aromatic carbocycles. The zero-order chi connectivity index (χ0) is 28.0. The Hall–Kier alpha value is -4.05. The van der Waals surface area contributed by atoms with Crippen molar-refractivity contribution in [3.8, 4) is 0 Å². The van der Waals surface area contributed by atoms with Crippen molar-refractivity contribution in [3.05, 3.63) is 18.2 Å². The van der Waals surface area contributed by atoms with Gasteiger partial charge in [-0.25, -0.2) is 9.78 Å². The number of H-pyrrole nitrogens is 1. The Labute approximate surface area is 211 Å². The molecule has 1 aromatic rings. The lowest BCUT2D eigenvalue weighted by Crippen LogP contribution is -2.57. The predicted octanol–water partition coefficient (Wildman–Crippen LogP) is -2.71. The lowest BCUT2D eigenvalue weighted by atomic mass is 10.1. The van der Waals surface area contributed by atoms with Crippen LogP contribution in [0.2, 0.25) is 0 Å². The second kappa shape index (κ2) is 15.8. The van der Waals surface area contributed by atoms with Crippen molar-refractivity contribution in [1.82, 2.24) is 25.9 Å². The number of carbonyl (C=O) groups is 6. The highest BCUT2D eigenvalue weighted by Gasteiger charge is 2.31. The molecule has 4 unspecified atom stereocenters. The van der Waals surface area contributed by atoms with Gasteiger partial charge >= 0.3 is 17.9 Å². The van der Waals surface area contributed by atoms with Crippen molar-refractivity contribution in [1.29, 1.82) is 0 Å². The number of amides is 3. The van der Waals surface area contributed by atoms with Gasteiger partial charge in [0.05, 0.1) is 18.8 Å². The molecule has 0 radical (unpaired) electrons. The van der Waals surface area contributed by atoms with Gasteiger partial charge < -0.3 is 47.7 Å². The SMILES string of the molecule is NCCCCC(N)C(=O)NC(CCC(=O)O)C(=O)NC(Cc1cnc[nH]1)C(=O)NC(CC(=O)O)C(=O)O. The van der Waals surface area contributed by atoms with Gasteiger partial charge in [0.2, 0.25) is 17.7 Å².